The number of nitrogens with one attached hydrogen (secondary N) is 2. The van der Waals surface area contributed by atoms with E-state index < -0.39 is 21.7 Å². The summed E-state index contributed by atoms with van der Waals surface area (Å²) in [5.41, 5.74) is 0.775. The highest BCUT2D eigenvalue weighted by Crippen LogP contribution is 2.17. The molecule has 0 fully saturated rings. The second-order valence-corrected chi connectivity index (χ2v) is 8.89. The molecule has 0 aliphatic rings. The number of carbonyl (C=O) groups is 1. The summed E-state index contributed by atoms with van der Waals surface area (Å²) in [5.74, 6) is -0.996. The van der Waals surface area contributed by atoms with E-state index in [1.807, 2.05) is 14.1 Å². The monoisotopic (exact) mass is 401 g/mol. The van der Waals surface area contributed by atoms with E-state index in [-0.39, 0.29) is 18.0 Å². The largest absolute Gasteiger partial charge is 0.339 e. The molecule has 1 heterocycles. The molecule has 2 aromatic rings. The lowest BCUT2D eigenvalue weighted by Crippen LogP contribution is -3.06. The van der Waals surface area contributed by atoms with Crippen molar-refractivity contribution in [3.05, 3.63) is 41.2 Å². The average molecular weight is 402 g/mol. The first-order valence-electron chi connectivity index (χ1n) is 7.95. The van der Waals surface area contributed by atoms with Crippen LogP contribution in [0.2, 0.25) is 0 Å². The number of rotatable bonds is 8. The number of quaternary nitrogens is 1. The molecule has 0 unspecified atom stereocenters. The van der Waals surface area contributed by atoms with Crippen molar-refractivity contribution in [2.45, 2.75) is 11.8 Å². The van der Waals surface area contributed by atoms with Gasteiger partial charge in [0.2, 0.25) is 15.9 Å². The summed E-state index contributed by atoms with van der Waals surface area (Å²) >= 11 is 1.27. The first kappa shape index (κ1) is 20.4. The molecular formula is C16H22FN4O3S2+. The second-order valence-electron chi connectivity index (χ2n) is 6.09. The third kappa shape index (κ3) is 5.56. The number of amides is 1. The minimum absolute atomic E-state index is 0.0504. The first-order valence-corrected chi connectivity index (χ1v) is 10.3. The van der Waals surface area contributed by atoms with Crippen LogP contribution >= 0.6 is 11.3 Å². The summed E-state index contributed by atoms with van der Waals surface area (Å²) < 4.78 is 39.9. The van der Waals surface area contributed by atoms with E-state index in [9.17, 15) is 17.6 Å². The van der Waals surface area contributed by atoms with Crippen LogP contribution in [-0.2, 0) is 14.8 Å². The number of hydrogen-bond acceptors (Lipinski definition) is 5. The second kappa shape index (κ2) is 8.67. The molecule has 0 spiro atoms. The van der Waals surface area contributed by atoms with E-state index in [4.69, 9.17) is 0 Å². The summed E-state index contributed by atoms with van der Waals surface area (Å²) in [7, 11) is -0.140. The molecule has 0 atom stereocenters. The molecule has 1 aromatic carbocycles. The van der Waals surface area contributed by atoms with Crippen molar-refractivity contribution in [3.8, 4) is 0 Å². The van der Waals surface area contributed by atoms with Gasteiger partial charge in [-0.05, 0) is 31.2 Å². The molecule has 1 aromatic heterocycles. The summed E-state index contributed by atoms with van der Waals surface area (Å²) in [5, 5.41) is 4.82. The molecule has 0 radical (unpaired) electrons. The highest BCUT2D eigenvalue weighted by Gasteiger charge is 2.27. The van der Waals surface area contributed by atoms with Crippen molar-refractivity contribution < 1.29 is 22.5 Å². The Hall–Kier alpha value is -1.88. The Kier molecular flexibility index (Phi) is 6.81. The number of carbonyl (C=O) groups excluding carboxylic acids is 1. The Morgan fingerprint density at radius 2 is 1.96 bits per heavy atom. The topological polar surface area (TPSA) is 83.8 Å². The molecular weight excluding hydrogens is 379 g/mol. The summed E-state index contributed by atoms with van der Waals surface area (Å²) in [4.78, 5) is 17.4. The van der Waals surface area contributed by atoms with Gasteiger partial charge in [-0.15, -0.1) is 11.3 Å². The molecule has 0 aliphatic carbocycles. The number of hydrogen-bond donors (Lipinski definition) is 2. The van der Waals surface area contributed by atoms with E-state index in [1.54, 1.807) is 12.3 Å². The summed E-state index contributed by atoms with van der Waals surface area (Å²) in [6.45, 7) is 2.14. The average Bonchev–Trinajstić information content (AvgIpc) is 2.96. The van der Waals surface area contributed by atoms with Gasteiger partial charge in [0, 0.05) is 5.38 Å². The number of sulfonamides is 1. The van der Waals surface area contributed by atoms with Gasteiger partial charge in [0.05, 0.1) is 44.3 Å². The lowest BCUT2D eigenvalue weighted by Gasteiger charge is -2.22. The van der Waals surface area contributed by atoms with Gasteiger partial charge in [-0.1, -0.05) is 0 Å². The molecule has 1 amide bonds. The molecule has 0 saturated heterocycles. The zero-order valence-corrected chi connectivity index (χ0v) is 16.5. The lowest BCUT2D eigenvalue weighted by atomic mass is 10.4. The summed E-state index contributed by atoms with van der Waals surface area (Å²) in [6, 6.07) is 4.56. The van der Waals surface area contributed by atoms with E-state index in [2.05, 4.69) is 10.3 Å². The maximum Gasteiger partial charge on any atom is 0.243 e. The van der Waals surface area contributed by atoms with E-state index in [0.29, 0.717) is 11.7 Å². The standard InChI is InChI=1S/C16H21FN4O3S2/c1-12-11-25-16(18-12)19-15(22)10-21(9-8-20(2)3)26(23,24)14-6-4-13(17)5-7-14/h4-7,11H,8-10H2,1-3H3,(H,18,19,22)/p+1. The van der Waals surface area contributed by atoms with Crippen molar-refractivity contribution >= 4 is 32.4 Å². The molecule has 10 heteroatoms. The van der Waals surface area contributed by atoms with Gasteiger partial charge >= 0.3 is 0 Å². The smallest absolute Gasteiger partial charge is 0.243 e. The predicted molar refractivity (Wildman–Crippen MR) is 98.3 cm³/mol. The van der Waals surface area contributed by atoms with Crippen LogP contribution in [-0.4, -0.2) is 57.3 Å². The molecule has 26 heavy (non-hydrogen) atoms. The zero-order valence-electron chi connectivity index (χ0n) is 14.8. The van der Waals surface area contributed by atoms with Gasteiger partial charge in [-0.2, -0.15) is 4.31 Å². The molecule has 0 bridgehead atoms. The third-order valence-corrected chi connectivity index (χ3v) is 6.23. The predicted octanol–water partition coefficient (Wildman–Crippen LogP) is 0.365. The van der Waals surface area contributed by atoms with Crippen LogP contribution in [0, 0.1) is 12.7 Å². The number of aromatic nitrogens is 1. The maximum atomic E-state index is 13.1. The number of benzene rings is 1. The Morgan fingerprint density at radius 3 is 2.50 bits per heavy atom. The van der Waals surface area contributed by atoms with Crippen molar-refractivity contribution in [1.29, 1.82) is 0 Å². The molecule has 142 valence electrons. The first-order chi connectivity index (χ1) is 12.2. The van der Waals surface area contributed by atoms with Crippen molar-refractivity contribution in [2.24, 2.45) is 0 Å². The number of halogens is 1. The lowest BCUT2D eigenvalue weighted by molar-refractivity contribution is -0.857. The van der Waals surface area contributed by atoms with Crippen molar-refractivity contribution in [2.75, 3.05) is 39.0 Å². The van der Waals surface area contributed by atoms with Crippen LogP contribution in [0.5, 0.6) is 0 Å². The van der Waals surface area contributed by atoms with Crippen LogP contribution in [0.25, 0.3) is 0 Å². The van der Waals surface area contributed by atoms with Gasteiger partial charge in [-0.3, -0.25) is 4.79 Å². The Labute approximate surface area is 156 Å². The fraction of sp³-hybridized carbons (Fsp3) is 0.375. The Balaban J connectivity index is 2.18. The minimum Gasteiger partial charge on any atom is -0.339 e. The summed E-state index contributed by atoms with van der Waals surface area (Å²) in [6.07, 6.45) is 0. The number of anilines is 1. The SMILES string of the molecule is Cc1csc(NC(=O)CN(CC[NH+](C)C)S(=O)(=O)c2ccc(F)cc2)n1. The molecule has 2 N–H and O–H groups in total. The quantitative estimate of drug-likeness (QED) is 0.669. The van der Waals surface area contributed by atoms with Gasteiger partial charge in [0.1, 0.15) is 5.82 Å². The van der Waals surface area contributed by atoms with Gasteiger partial charge in [0.25, 0.3) is 0 Å². The van der Waals surface area contributed by atoms with E-state index in [1.165, 1.54) is 23.5 Å². The van der Waals surface area contributed by atoms with Crippen LogP contribution in [0.1, 0.15) is 5.69 Å². The minimum atomic E-state index is -3.92. The maximum absolute atomic E-state index is 13.1. The molecule has 7 nitrogen and oxygen atoms in total. The molecule has 2 rings (SSSR count). The van der Waals surface area contributed by atoms with Crippen LogP contribution in [0.15, 0.2) is 34.5 Å². The Morgan fingerprint density at radius 1 is 1.31 bits per heavy atom. The number of likely N-dealkylation sites (N-methyl/N-ethyl adjacent to an activating group) is 1. The number of nitrogens with zero attached hydrogens (tertiary/aromatic N) is 2. The Bertz CT molecular complexity index is 851. The number of aryl methyl sites for hydroxylation is 1. The van der Waals surface area contributed by atoms with Crippen molar-refractivity contribution in [3.63, 3.8) is 0 Å². The van der Waals surface area contributed by atoms with Gasteiger partial charge in [-0.25, -0.2) is 17.8 Å². The fourth-order valence-electron chi connectivity index (χ4n) is 2.12. The van der Waals surface area contributed by atoms with Gasteiger partial charge in [0.15, 0.2) is 5.13 Å². The highest BCUT2D eigenvalue weighted by atomic mass is 32.2. The van der Waals surface area contributed by atoms with E-state index in [0.717, 1.165) is 27.0 Å². The van der Waals surface area contributed by atoms with E-state index >= 15 is 0 Å². The molecule has 0 saturated carbocycles. The van der Waals surface area contributed by atoms with Crippen LogP contribution < -0.4 is 10.2 Å². The van der Waals surface area contributed by atoms with Crippen LogP contribution in [0.3, 0.4) is 0 Å². The van der Waals surface area contributed by atoms with Crippen molar-refractivity contribution in [1.82, 2.24) is 9.29 Å². The fourth-order valence-corrected chi connectivity index (χ4v) is 4.22. The van der Waals surface area contributed by atoms with Gasteiger partial charge < -0.3 is 10.2 Å². The third-order valence-electron chi connectivity index (χ3n) is 3.50. The molecule has 0 aliphatic heterocycles. The number of thiazole rings is 1. The van der Waals surface area contributed by atoms with Crippen LogP contribution in [0.4, 0.5) is 9.52 Å². The normalized spacial score (nSPS) is 11.9. The highest BCUT2D eigenvalue weighted by molar-refractivity contribution is 7.89. The zero-order chi connectivity index (χ0) is 19.3.